The smallest absolute Gasteiger partial charge is 0.342 e. The minimum atomic E-state index is -1.08. The zero-order chi connectivity index (χ0) is 29.8. The molecule has 0 amide bonds. The van der Waals surface area contributed by atoms with Crippen molar-refractivity contribution in [2.45, 2.75) is 39.4 Å². The van der Waals surface area contributed by atoms with Crippen LogP contribution in [0, 0.1) is 20.8 Å². The molecule has 4 rings (SSSR count). The Bertz CT molecular complexity index is 1630. The monoisotopic (exact) mass is 576 g/mol. The standard InChI is InChI=1S/C30H32N4O6S/c1-8-33-27(21-13-22(38-5)16-23(14-21)39-6)31-32-30(33)41-26(28(35)36)15-20-12-17(2)34(19(20)4)25-11-9-10-24(18(25)3)29(37)40-7/h9-16H,8H2,1-7H3,(H,35,36)/b26-15+. The molecule has 0 aliphatic carbocycles. The van der Waals surface area contributed by atoms with Gasteiger partial charge in [0.25, 0.3) is 0 Å². The van der Waals surface area contributed by atoms with E-state index in [0.29, 0.717) is 34.6 Å². The number of carboxylic acids is 1. The summed E-state index contributed by atoms with van der Waals surface area (Å²) in [5, 5.41) is 19.3. The third-order valence-corrected chi connectivity index (χ3v) is 7.76. The van der Waals surface area contributed by atoms with Gasteiger partial charge in [-0.3, -0.25) is 0 Å². The summed E-state index contributed by atoms with van der Waals surface area (Å²) < 4.78 is 19.6. The van der Waals surface area contributed by atoms with E-state index in [4.69, 9.17) is 14.2 Å². The molecule has 1 N–H and O–H groups in total. The second-order valence-corrected chi connectivity index (χ2v) is 10.2. The molecule has 2 aromatic carbocycles. The van der Waals surface area contributed by atoms with Gasteiger partial charge in [0.1, 0.15) is 16.4 Å². The molecule has 2 aromatic heterocycles. The number of carboxylic acid groups (broad SMARTS) is 1. The van der Waals surface area contributed by atoms with E-state index in [2.05, 4.69) is 10.2 Å². The molecule has 0 bridgehead atoms. The highest BCUT2D eigenvalue weighted by molar-refractivity contribution is 8.04. The van der Waals surface area contributed by atoms with Crippen LogP contribution in [0.2, 0.25) is 0 Å². The van der Waals surface area contributed by atoms with E-state index >= 15 is 0 Å². The number of carbonyl (C=O) groups excluding carboxylic acids is 1. The first-order valence-corrected chi connectivity index (χ1v) is 13.6. The first-order chi connectivity index (χ1) is 19.6. The summed E-state index contributed by atoms with van der Waals surface area (Å²) in [6.07, 6.45) is 1.63. The number of esters is 1. The molecule has 10 nitrogen and oxygen atoms in total. The van der Waals surface area contributed by atoms with Gasteiger partial charge in [0.15, 0.2) is 11.0 Å². The molecule has 214 valence electrons. The lowest BCUT2D eigenvalue weighted by Crippen LogP contribution is -2.08. The third kappa shape index (κ3) is 5.85. The van der Waals surface area contributed by atoms with Gasteiger partial charge in [-0.05, 0) is 87.0 Å². The number of methoxy groups -OCH3 is 3. The van der Waals surface area contributed by atoms with Gasteiger partial charge in [-0.2, -0.15) is 0 Å². The molecule has 4 aromatic rings. The molecule has 0 radical (unpaired) electrons. The van der Waals surface area contributed by atoms with Crippen molar-refractivity contribution in [3.63, 3.8) is 0 Å². The van der Waals surface area contributed by atoms with Crippen LogP contribution < -0.4 is 9.47 Å². The average molecular weight is 577 g/mol. The Morgan fingerprint density at radius 1 is 1.00 bits per heavy atom. The molecule has 0 unspecified atom stereocenters. The minimum Gasteiger partial charge on any atom is -0.497 e. The fraction of sp³-hybridized carbons (Fsp3) is 0.267. The van der Waals surface area contributed by atoms with Gasteiger partial charge in [-0.25, -0.2) is 9.59 Å². The van der Waals surface area contributed by atoms with Crippen LogP contribution in [0.1, 0.15) is 39.8 Å². The number of thioether (sulfide) groups is 1. The number of hydrogen-bond donors (Lipinski definition) is 1. The van der Waals surface area contributed by atoms with Gasteiger partial charge >= 0.3 is 11.9 Å². The molecule has 0 aliphatic rings. The second-order valence-electron chi connectivity index (χ2n) is 9.17. The van der Waals surface area contributed by atoms with E-state index in [1.165, 1.54) is 7.11 Å². The second kappa shape index (κ2) is 12.3. The van der Waals surface area contributed by atoms with Crippen LogP contribution in [-0.2, 0) is 16.1 Å². The number of benzene rings is 2. The van der Waals surface area contributed by atoms with Crippen molar-refractivity contribution >= 4 is 29.8 Å². The Morgan fingerprint density at radius 3 is 2.27 bits per heavy atom. The van der Waals surface area contributed by atoms with Gasteiger partial charge in [0.05, 0.1) is 26.9 Å². The van der Waals surface area contributed by atoms with Crippen LogP contribution in [-0.4, -0.2) is 57.7 Å². The summed E-state index contributed by atoms with van der Waals surface area (Å²) in [7, 11) is 4.50. The highest BCUT2D eigenvalue weighted by Gasteiger charge is 2.21. The molecule has 0 spiro atoms. The number of nitrogens with zero attached hydrogens (tertiary/aromatic N) is 4. The molecule has 0 atom stereocenters. The molecular formula is C30H32N4O6S. The fourth-order valence-corrected chi connectivity index (χ4v) is 5.55. The first-order valence-electron chi connectivity index (χ1n) is 12.8. The fourth-order valence-electron chi connectivity index (χ4n) is 4.68. The SMILES string of the molecule is CCn1c(S/C(=C/c2cc(C)n(-c3cccc(C(=O)OC)c3C)c2C)C(=O)O)nnc1-c1cc(OC)cc(OC)c1. The van der Waals surface area contributed by atoms with Crippen LogP contribution in [0.5, 0.6) is 11.5 Å². The summed E-state index contributed by atoms with van der Waals surface area (Å²) in [5.74, 6) is 0.277. The van der Waals surface area contributed by atoms with Crippen LogP contribution in [0.25, 0.3) is 23.2 Å². The maximum absolute atomic E-state index is 12.4. The van der Waals surface area contributed by atoms with Crippen molar-refractivity contribution in [1.29, 1.82) is 0 Å². The lowest BCUT2D eigenvalue weighted by Gasteiger charge is -2.15. The summed E-state index contributed by atoms with van der Waals surface area (Å²) in [6.45, 7) is 8.17. The number of carbonyl (C=O) groups is 2. The number of aromatic nitrogens is 4. The van der Waals surface area contributed by atoms with Crippen molar-refractivity contribution in [2.24, 2.45) is 0 Å². The van der Waals surface area contributed by atoms with Gasteiger partial charge in [-0.15, -0.1) is 10.2 Å². The van der Waals surface area contributed by atoms with E-state index in [9.17, 15) is 14.7 Å². The lowest BCUT2D eigenvalue weighted by molar-refractivity contribution is -0.131. The van der Waals surface area contributed by atoms with Gasteiger partial charge in [0.2, 0.25) is 0 Å². The average Bonchev–Trinajstić information content (AvgIpc) is 3.50. The molecule has 0 saturated carbocycles. The van der Waals surface area contributed by atoms with Crippen LogP contribution in [0.3, 0.4) is 0 Å². The highest BCUT2D eigenvalue weighted by Crippen LogP contribution is 2.34. The van der Waals surface area contributed by atoms with Crippen LogP contribution in [0.4, 0.5) is 0 Å². The number of aliphatic carboxylic acids is 1. The Morgan fingerprint density at radius 2 is 1.68 bits per heavy atom. The van der Waals surface area contributed by atoms with Crippen molar-refractivity contribution in [3.8, 4) is 28.6 Å². The van der Waals surface area contributed by atoms with E-state index in [0.717, 1.165) is 45.5 Å². The van der Waals surface area contributed by atoms with E-state index in [1.807, 2.05) is 61.1 Å². The number of ether oxygens (including phenoxy) is 3. The predicted molar refractivity (Wildman–Crippen MR) is 157 cm³/mol. The minimum absolute atomic E-state index is 0.0853. The maximum atomic E-state index is 12.4. The van der Waals surface area contributed by atoms with Crippen molar-refractivity contribution < 1.29 is 28.9 Å². The van der Waals surface area contributed by atoms with Crippen molar-refractivity contribution in [3.05, 3.63) is 75.4 Å². The molecule has 0 aliphatic heterocycles. The summed E-state index contributed by atoms with van der Waals surface area (Å²) in [6, 6.07) is 12.8. The molecule has 41 heavy (non-hydrogen) atoms. The Labute approximate surface area is 242 Å². The zero-order valence-electron chi connectivity index (χ0n) is 24.0. The summed E-state index contributed by atoms with van der Waals surface area (Å²) in [4.78, 5) is 24.7. The Kier molecular flexibility index (Phi) is 8.87. The van der Waals surface area contributed by atoms with E-state index < -0.39 is 11.9 Å². The zero-order valence-corrected chi connectivity index (χ0v) is 24.8. The topological polar surface area (TPSA) is 118 Å². The Balaban J connectivity index is 1.74. The Hall–Kier alpha value is -4.51. The first kappa shape index (κ1) is 29.5. The molecule has 0 fully saturated rings. The van der Waals surface area contributed by atoms with Crippen LogP contribution in [0.15, 0.2) is 52.5 Å². The largest absolute Gasteiger partial charge is 0.497 e. The normalized spacial score (nSPS) is 11.4. The number of aryl methyl sites for hydroxylation is 1. The quantitative estimate of drug-likeness (QED) is 0.144. The van der Waals surface area contributed by atoms with E-state index in [-0.39, 0.29) is 4.91 Å². The summed E-state index contributed by atoms with van der Waals surface area (Å²) >= 11 is 1.03. The third-order valence-electron chi connectivity index (χ3n) is 6.76. The number of rotatable bonds is 10. The lowest BCUT2D eigenvalue weighted by atomic mass is 10.1. The summed E-state index contributed by atoms with van der Waals surface area (Å²) in [5.41, 5.74) is 5.23. The highest BCUT2D eigenvalue weighted by atomic mass is 32.2. The predicted octanol–water partition coefficient (Wildman–Crippen LogP) is 5.70. The maximum Gasteiger partial charge on any atom is 0.342 e. The molecule has 11 heteroatoms. The molecular weight excluding hydrogens is 544 g/mol. The van der Waals surface area contributed by atoms with E-state index in [1.54, 1.807) is 38.5 Å². The van der Waals surface area contributed by atoms with Gasteiger partial charge in [-0.1, -0.05) is 6.07 Å². The number of hydrogen-bond acceptors (Lipinski definition) is 8. The molecule has 0 saturated heterocycles. The van der Waals surface area contributed by atoms with Crippen molar-refractivity contribution in [2.75, 3.05) is 21.3 Å². The van der Waals surface area contributed by atoms with Gasteiger partial charge in [0, 0.05) is 35.2 Å². The molecule has 2 heterocycles. The van der Waals surface area contributed by atoms with Crippen LogP contribution >= 0.6 is 11.8 Å². The van der Waals surface area contributed by atoms with Gasteiger partial charge < -0.3 is 28.5 Å². The van der Waals surface area contributed by atoms with Crippen molar-refractivity contribution in [1.82, 2.24) is 19.3 Å².